The Morgan fingerprint density at radius 2 is 1.62 bits per heavy atom. The van der Waals surface area contributed by atoms with E-state index in [4.69, 9.17) is 20.9 Å². The lowest BCUT2D eigenvalue weighted by Gasteiger charge is -2.32. The maximum Gasteiger partial charge on any atom is 0.497 e. The van der Waals surface area contributed by atoms with Gasteiger partial charge in [0.25, 0.3) is 10.0 Å². The summed E-state index contributed by atoms with van der Waals surface area (Å²) >= 11 is 6.33. The molecule has 1 saturated heterocycles. The molecule has 29 heavy (non-hydrogen) atoms. The second-order valence-corrected chi connectivity index (χ2v) is 10.5. The average molecular weight is 433 g/mol. The number of benzene rings is 1. The van der Waals surface area contributed by atoms with E-state index < -0.39 is 28.3 Å². The smallest absolute Gasteiger partial charge is 0.399 e. The Bertz CT molecular complexity index is 1190. The first kappa shape index (κ1) is 20.4. The number of fused-ring (bicyclic) bond motifs is 1. The van der Waals surface area contributed by atoms with Crippen molar-refractivity contribution < 1.29 is 17.7 Å². The molecule has 3 heterocycles. The summed E-state index contributed by atoms with van der Waals surface area (Å²) in [5, 5.41) is 0.722. The molecular weight excluding hydrogens is 411 g/mol. The van der Waals surface area contributed by atoms with Gasteiger partial charge in [0.1, 0.15) is 5.52 Å². The van der Waals surface area contributed by atoms with Crippen LogP contribution in [0.15, 0.2) is 47.6 Å². The molecule has 0 unspecified atom stereocenters. The van der Waals surface area contributed by atoms with E-state index in [1.165, 1.54) is 10.2 Å². The van der Waals surface area contributed by atoms with Crippen molar-refractivity contribution in [2.75, 3.05) is 0 Å². The Kier molecular flexibility index (Phi) is 4.62. The van der Waals surface area contributed by atoms with Gasteiger partial charge in [0.05, 0.1) is 16.1 Å². The summed E-state index contributed by atoms with van der Waals surface area (Å²) in [4.78, 5) is 4.25. The quantitative estimate of drug-likeness (QED) is 0.468. The summed E-state index contributed by atoms with van der Waals surface area (Å²) in [6.45, 7) is 9.69. The fraction of sp³-hybridized carbons (Fsp3) is 0.350. The van der Waals surface area contributed by atoms with Gasteiger partial charge in [-0.05, 0) is 52.8 Å². The van der Waals surface area contributed by atoms with Gasteiger partial charge in [-0.2, -0.15) is 0 Å². The van der Waals surface area contributed by atoms with Crippen LogP contribution in [0.3, 0.4) is 0 Å². The SMILES string of the molecule is Cc1ccc(S(=O)(=O)n2cc(B3OC(C)(C)C(C)(C)O3)c3ccnc(Cl)c32)cc1. The van der Waals surface area contributed by atoms with Crippen LogP contribution in [0.25, 0.3) is 10.9 Å². The molecule has 9 heteroatoms. The summed E-state index contributed by atoms with van der Waals surface area (Å²) in [6.07, 6.45) is 3.07. The fourth-order valence-corrected chi connectivity index (χ4v) is 4.99. The lowest BCUT2D eigenvalue weighted by atomic mass is 9.79. The first-order chi connectivity index (χ1) is 13.4. The molecule has 0 aliphatic carbocycles. The molecule has 0 saturated carbocycles. The molecule has 0 radical (unpaired) electrons. The first-order valence-electron chi connectivity index (χ1n) is 9.27. The molecule has 1 aromatic carbocycles. The first-order valence-corrected chi connectivity index (χ1v) is 11.1. The number of nitrogens with zero attached hydrogens (tertiary/aromatic N) is 2. The minimum Gasteiger partial charge on any atom is -0.399 e. The zero-order valence-corrected chi connectivity index (χ0v) is 18.5. The highest BCUT2D eigenvalue weighted by atomic mass is 35.5. The number of pyridine rings is 1. The molecule has 3 aromatic rings. The van der Waals surface area contributed by atoms with Crippen LogP contribution in [0.2, 0.25) is 5.15 Å². The topological polar surface area (TPSA) is 70.4 Å². The summed E-state index contributed by atoms with van der Waals surface area (Å²) in [5.41, 5.74) is 0.759. The molecular formula is C20H22BClN2O4S. The molecule has 0 bridgehead atoms. The number of hydrogen-bond donors (Lipinski definition) is 0. The van der Waals surface area contributed by atoms with Gasteiger partial charge >= 0.3 is 7.12 Å². The molecule has 1 aliphatic heterocycles. The van der Waals surface area contributed by atoms with E-state index in [0.717, 1.165) is 5.56 Å². The molecule has 0 amide bonds. The second-order valence-electron chi connectivity index (χ2n) is 8.28. The second kappa shape index (κ2) is 6.57. The third-order valence-corrected chi connectivity index (χ3v) is 7.70. The normalized spacial score (nSPS) is 18.5. The van der Waals surface area contributed by atoms with Gasteiger partial charge in [-0.25, -0.2) is 17.4 Å². The highest BCUT2D eigenvalue weighted by Gasteiger charge is 2.52. The number of halogens is 1. The number of aromatic nitrogens is 2. The van der Waals surface area contributed by atoms with Crippen molar-refractivity contribution in [3.8, 4) is 0 Å². The van der Waals surface area contributed by atoms with E-state index in [1.807, 2.05) is 34.6 Å². The summed E-state index contributed by atoms with van der Waals surface area (Å²) in [5.74, 6) is 0. The lowest BCUT2D eigenvalue weighted by Crippen LogP contribution is -2.41. The van der Waals surface area contributed by atoms with Crippen molar-refractivity contribution in [3.05, 3.63) is 53.4 Å². The Morgan fingerprint density at radius 1 is 1.03 bits per heavy atom. The Morgan fingerprint density at radius 3 is 2.21 bits per heavy atom. The standard InChI is InChI=1S/C20H22BClN2O4S/c1-13-6-8-14(9-7-13)29(25,26)24-12-16(15-10-11-23-18(22)17(15)24)21-27-19(2,3)20(4,5)28-21/h6-12H,1-5H3. The predicted octanol–water partition coefficient (Wildman–Crippen LogP) is 3.53. The van der Waals surface area contributed by atoms with E-state index in [9.17, 15) is 8.42 Å². The van der Waals surface area contributed by atoms with Crippen LogP contribution in [0.4, 0.5) is 0 Å². The molecule has 152 valence electrons. The zero-order valence-electron chi connectivity index (χ0n) is 16.9. The van der Waals surface area contributed by atoms with Gasteiger partial charge in [0, 0.05) is 23.2 Å². The highest BCUT2D eigenvalue weighted by Crippen LogP contribution is 2.37. The number of rotatable bonds is 3. The molecule has 1 fully saturated rings. The van der Waals surface area contributed by atoms with E-state index in [-0.39, 0.29) is 10.0 Å². The summed E-state index contributed by atoms with van der Waals surface area (Å²) in [7, 11) is -4.62. The molecule has 2 aromatic heterocycles. The van der Waals surface area contributed by atoms with Crippen LogP contribution in [-0.2, 0) is 19.3 Å². The number of hydrogen-bond acceptors (Lipinski definition) is 5. The van der Waals surface area contributed by atoms with Crippen LogP contribution in [0.5, 0.6) is 0 Å². The minimum absolute atomic E-state index is 0.0981. The van der Waals surface area contributed by atoms with Gasteiger partial charge < -0.3 is 9.31 Å². The van der Waals surface area contributed by atoms with E-state index >= 15 is 0 Å². The van der Waals surface area contributed by atoms with Gasteiger partial charge in [-0.1, -0.05) is 29.3 Å². The van der Waals surface area contributed by atoms with E-state index in [1.54, 1.807) is 36.5 Å². The monoisotopic (exact) mass is 432 g/mol. The minimum atomic E-state index is -3.89. The van der Waals surface area contributed by atoms with Crippen LogP contribution < -0.4 is 5.46 Å². The van der Waals surface area contributed by atoms with Crippen molar-refractivity contribution in [1.29, 1.82) is 0 Å². The Hall–Kier alpha value is -1.87. The van der Waals surface area contributed by atoms with Crippen molar-refractivity contribution in [2.45, 2.75) is 50.7 Å². The fourth-order valence-electron chi connectivity index (χ4n) is 3.30. The molecule has 0 atom stereocenters. The summed E-state index contributed by atoms with van der Waals surface area (Å²) < 4.78 is 40.3. The predicted molar refractivity (Wildman–Crippen MR) is 114 cm³/mol. The van der Waals surface area contributed by atoms with Crippen LogP contribution >= 0.6 is 11.6 Å². The molecule has 4 rings (SSSR count). The van der Waals surface area contributed by atoms with Gasteiger partial charge in [-0.15, -0.1) is 0 Å². The maximum absolute atomic E-state index is 13.4. The van der Waals surface area contributed by atoms with Crippen LogP contribution in [0.1, 0.15) is 33.3 Å². The lowest BCUT2D eigenvalue weighted by molar-refractivity contribution is 0.00578. The zero-order chi connectivity index (χ0) is 21.2. The number of aryl methyl sites for hydroxylation is 1. The largest absolute Gasteiger partial charge is 0.497 e. The average Bonchev–Trinajstić information content (AvgIpc) is 3.12. The van der Waals surface area contributed by atoms with Crippen LogP contribution in [0, 0.1) is 6.92 Å². The van der Waals surface area contributed by atoms with Gasteiger partial charge in [0.15, 0.2) is 5.15 Å². The van der Waals surface area contributed by atoms with Crippen molar-refractivity contribution in [1.82, 2.24) is 8.96 Å². The van der Waals surface area contributed by atoms with Crippen LogP contribution in [-0.4, -0.2) is 35.7 Å². The van der Waals surface area contributed by atoms with Crippen molar-refractivity contribution in [3.63, 3.8) is 0 Å². The van der Waals surface area contributed by atoms with E-state index in [0.29, 0.717) is 16.4 Å². The summed E-state index contributed by atoms with van der Waals surface area (Å²) in [6, 6.07) is 8.40. The molecule has 1 aliphatic rings. The van der Waals surface area contributed by atoms with E-state index in [2.05, 4.69) is 4.98 Å². The highest BCUT2D eigenvalue weighted by molar-refractivity contribution is 7.90. The Balaban J connectivity index is 1.93. The van der Waals surface area contributed by atoms with Gasteiger partial charge in [0.2, 0.25) is 0 Å². The van der Waals surface area contributed by atoms with Gasteiger partial charge in [-0.3, -0.25) is 0 Å². The molecule has 0 spiro atoms. The maximum atomic E-state index is 13.4. The van der Waals surface area contributed by atoms with Crippen molar-refractivity contribution in [2.24, 2.45) is 0 Å². The third-order valence-electron chi connectivity index (χ3n) is 5.75. The molecule has 6 nitrogen and oxygen atoms in total. The third kappa shape index (κ3) is 3.19. The van der Waals surface area contributed by atoms with Crippen molar-refractivity contribution >= 4 is 45.1 Å². The molecule has 0 N–H and O–H groups in total. The Labute approximate surface area is 176 Å².